The highest BCUT2D eigenvalue weighted by molar-refractivity contribution is 5.89. The molecule has 0 spiro atoms. The van der Waals surface area contributed by atoms with E-state index in [0.29, 0.717) is 6.04 Å². The highest BCUT2D eigenvalue weighted by atomic mass is 15.3. The number of aromatic nitrogens is 4. The predicted octanol–water partition coefficient (Wildman–Crippen LogP) is 1.90. The molecule has 1 aliphatic heterocycles. The molecule has 3 heterocycles. The van der Waals surface area contributed by atoms with Gasteiger partial charge in [0.15, 0.2) is 5.65 Å². The van der Waals surface area contributed by atoms with E-state index in [2.05, 4.69) is 33.7 Å². The summed E-state index contributed by atoms with van der Waals surface area (Å²) in [4.78, 5) is 14.3. The Morgan fingerprint density at radius 2 is 1.77 bits per heavy atom. The van der Waals surface area contributed by atoms with Crippen molar-refractivity contribution in [2.24, 2.45) is 7.05 Å². The molecule has 0 aliphatic carbocycles. The molecule has 22 heavy (non-hydrogen) atoms. The summed E-state index contributed by atoms with van der Waals surface area (Å²) in [6.45, 7) is 12.9. The monoisotopic (exact) mass is 302 g/mol. The van der Waals surface area contributed by atoms with Crippen LogP contribution in [-0.2, 0) is 7.05 Å². The Morgan fingerprint density at radius 1 is 1.00 bits per heavy atom. The molecule has 1 fully saturated rings. The fourth-order valence-electron chi connectivity index (χ4n) is 3.32. The fourth-order valence-corrected chi connectivity index (χ4v) is 3.32. The number of aryl methyl sites for hydroxylation is 3. The number of rotatable bonds is 2. The average molecular weight is 302 g/mol. The van der Waals surface area contributed by atoms with Crippen molar-refractivity contribution in [3.63, 3.8) is 0 Å². The van der Waals surface area contributed by atoms with E-state index >= 15 is 0 Å². The van der Waals surface area contributed by atoms with Crippen LogP contribution in [0.2, 0.25) is 0 Å². The first-order valence-electron chi connectivity index (χ1n) is 8.14. The molecule has 0 N–H and O–H groups in total. The van der Waals surface area contributed by atoms with Gasteiger partial charge < -0.3 is 4.90 Å². The van der Waals surface area contributed by atoms with Crippen LogP contribution in [0.1, 0.15) is 31.8 Å². The van der Waals surface area contributed by atoms with Gasteiger partial charge in [-0.1, -0.05) is 0 Å². The second-order valence-electron chi connectivity index (χ2n) is 6.47. The van der Waals surface area contributed by atoms with Crippen LogP contribution in [-0.4, -0.2) is 56.9 Å². The number of fused-ring (bicyclic) bond motifs is 1. The van der Waals surface area contributed by atoms with Gasteiger partial charge >= 0.3 is 0 Å². The van der Waals surface area contributed by atoms with Crippen LogP contribution in [0.4, 0.5) is 5.82 Å². The first-order valence-corrected chi connectivity index (χ1v) is 8.14. The van der Waals surface area contributed by atoms with Gasteiger partial charge in [-0.25, -0.2) is 9.97 Å². The molecule has 0 radical (unpaired) electrons. The summed E-state index contributed by atoms with van der Waals surface area (Å²) in [6, 6.07) is 0.604. The lowest BCUT2D eigenvalue weighted by Crippen LogP contribution is -2.35. The van der Waals surface area contributed by atoms with Crippen LogP contribution < -0.4 is 4.90 Å². The smallest absolute Gasteiger partial charge is 0.163 e. The normalized spacial score (nSPS) is 17.5. The molecule has 0 atom stereocenters. The van der Waals surface area contributed by atoms with E-state index in [4.69, 9.17) is 4.98 Å². The van der Waals surface area contributed by atoms with Gasteiger partial charge in [-0.2, -0.15) is 5.10 Å². The standard InChI is InChI=1S/C16H26N6/c1-11(2)21-7-6-8-22(10-9-21)16-14-12(3)19-20(5)15(14)17-13(4)18-16/h11H,6-10H2,1-5H3. The molecule has 1 saturated heterocycles. The maximum absolute atomic E-state index is 4.75. The lowest BCUT2D eigenvalue weighted by Gasteiger charge is -2.25. The SMILES string of the molecule is Cc1nc(N2CCCN(C(C)C)CC2)c2c(C)nn(C)c2n1. The summed E-state index contributed by atoms with van der Waals surface area (Å²) >= 11 is 0. The summed E-state index contributed by atoms with van der Waals surface area (Å²) in [7, 11) is 1.95. The van der Waals surface area contributed by atoms with E-state index in [0.717, 1.165) is 54.5 Å². The van der Waals surface area contributed by atoms with Crippen LogP contribution in [0.25, 0.3) is 11.0 Å². The summed E-state index contributed by atoms with van der Waals surface area (Å²) < 4.78 is 1.86. The lowest BCUT2D eigenvalue weighted by molar-refractivity contribution is 0.238. The Bertz CT molecular complexity index is 675. The van der Waals surface area contributed by atoms with E-state index < -0.39 is 0 Å². The van der Waals surface area contributed by atoms with E-state index in [1.165, 1.54) is 6.42 Å². The summed E-state index contributed by atoms with van der Waals surface area (Å²) in [5.41, 5.74) is 1.95. The molecule has 2 aromatic heterocycles. The molecule has 3 rings (SSSR count). The quantitative estimate of drug-likeness (QED) is 0.848. The second-order valence-corrected chi connectivity index (χ2v) is 6.47. The third kappa shape index (κ3) is 2.67. The molecule has 2 aromatic rings. The van der Waals surface area contributed by atoms with Crippen LogP contribution in [0.5, 0.6) is 0 Å². The van der Waals surface area contributed by atoms with Crippen molar-refractivity contribution >= 4 is 16.9 Å². The van der Waals surface area contributed by atoms with Crippen molar-refractivity contribution in [1.29, 1.82) is 0 Å². The van der Waals surface area contributed by atoms with E-state index in [9.17, 15) is 0 Å². The number of hydrogen-bond acceptors (Lipinski definition) is 5. The van der Waals surface area contributed by atoms with Gasteiger partial charge in [0.05, 0.1) is 11.1 Å². The van der Waals surface area contributed by atoms with Crippen LogP contribution >= 0.6 is 0 Å². The van der Waals surface area contributed by atoms with E-state index in [1.54, 1.807) is 0 Å². The molecule has 0 aromatic carbocycles. The largest absolute Gasteiger partial charge is 0.355 e. The minimum Gasteiger partial charge on any atom is -0.355 e. The van der Waals surface area contributed by atoms with Crippen molar-refractivity contribution in [3.8, 4) is 0 Å². The zero-order chi connectivity index (χ0) is 15.9. The summed E-state index contributed by atoms with van der Waals surface area (Å²) in [5, 5.41) is 5.63. The predicted molar refractivity (Wildman–Crippen MR) is 89.3 cm³/mol. The van der Waals surface area contributed by atoms with Gasteiger partial charge in [-0.3, -0.25) is 9.58 Å². The zero-order valence-electron chi connectivity index (χ0n) is 14.3. The minimum atomic E-state index is 0.604. The zero-order valence-corrected chi connectivity index (χ0v) is 14.3. The molecule has 1 aliphatic rings. The van der Waals surface area contributed by atoms with Crippen molar-refractivity contribution in [2.45, 2.75) is 40.2 Å². The molecule has 0 unspecified atom stereocenters. The fraction of sp³-hybridized carbons (Fsp3) is 0.688. The van der Waals surface area contributed by atoms with Gasteiger partial charge in [0.1, 0.15) is 11.6 Å². The van der Waals surface area contributed by atoms with Crippen LogP contribution in [0.15, 0.2) is 0 Å². The average Bonchev–Trinajstić information content (AvgIpc) is 2.67. The molecule has 0 saturated carbocycles. The first kappa shape index (κ1) is 15.2. The summed E-state index contributed by atoms with van der Waals surface area (Å²) in [5.74, 6) is 1.87. The Morgan fingerprint density at radius 3 is 2.50 bits per heavy atom. The van der Waals surface area contributed by atoms with Gasteiger partial charge in [-0.15, -0.1) is 0 Å². The Kier molecular flexibility index (Phi) is 4.04. The molecule has 0 amide bonds. The Hall–Kier alpha value is -1.69. The molecule has 6 heteroatoms. The lowest BCUT2D eigenvalue weighted by atomic mass is 10.2. The molecule has 120 valence electrons. The third-order valence-corrected chi connectivity index (χ3v) is 4.51. The highest BCUT2D eigenvalue weighted by Gasteiger charge is 2.22. The maximum Gasteiger partial charge on any atom is 0.163 e. The van der Waals surface area contributed by atoms with E-state index in [-0.39, 0.29) is 0 Å². The maximum atomic E-state index is 4.75. The minimum absolute atomic E-state index is 0.604. The van der Waals surface area contributed by atoms with Crippen molar-refractivity contribution in [2.75, 3.05) is 31.1 Å². The van der Waals surface area contributed by atoms with Crippen molar-refractivity contribution in [1.82, 2.24) is 24.6 Å². The van der Waals surface area contributed by atoms with Crippen molar-refractivity contribution < 1.29 is 0 Å². The molecular formula is C16H26N6. The molecule has 6 nitrogen and oxygen atoms in total. The van der Waals surface area contributed by atoms with E-state index in [1.807, 2.05) is 25.6 Å². The number of hydrogen-bond donors (Lipinski definition) is 0. The first-order chi connectivity index (χ1) is 10.5. The second kappa shape index (κ2) is 5.83. The molecular weight excluding hydrogens is 276 g/mol. The van der Waals surface area contributed by atoms with Crippen LogP contribution in [0, 0.1) is 13.8 Å². The van der Waals surface area contributed by atoms with Gasteiger partial charge in [0.25, 0.3) is 0 Å². The van der Waals surface area contributed by atoms with Gasteiger partial charge in [0, 0.05) is 39.3 Å². The van der Waals surface area contributed by atoms with Crippen LogP contribution in [0.3, 0.4) is 0 Å². The molecule has 0 bridgehead atoms. The van der Waals surface area contributed by atoms with Gasteiger partial charge in [-0.05, 0) is 34.1 Å². The number of nitrogens with zero attached hydrogens (tertiary/aromatic N) is 6. The Balaban J connectivity index is 1.99. The Labute approximate surface area is 132 Å². The topological polar surface area (TPSA) is 50.1 Å². The van der Waals surface area contributed by atoms with Crippen molar-refractivity contribution in [3.05, 3.63) is 11.5 Å². The highest BCUT2D eigenvalue weighted by Crippen LogP contribution is 2.27. The number of anilines is 1. The third-order valence-electron chi connectivity index (χ3n) is 4.51. The van der Waals surface area contributed by atoms with Gasteiger partial charge in [0.2, 0.25) is 0 Å². The summed E-state index contributed by atoms with van der Waals surface area (Å²) in [6.07, 6.45) is 1.17.